The second-order valence-electron chi connectivity index (χ2n) is 5.18. The number of benzene rings is 1. The molecule has 0 bridgehead atoms. The molecule has 1 aromatic carbocycles. The Morgan fingerprint density at radius 1 is 1.32 bits per heavy atom. The van der Waals surface area contributed by atoms with Crippen LogP contribution in [-0.2, 0) is 10.8 Å². The summed E-state index contributed by atoms with van der Waals surface area (Å²) in [7, 11) is 1.46. The van der Waals surface area contributed by atoms with Crippen molar-refractivity contribution in [2.45, 2.75) is 19.4 Å². The molecule has 1 aliphatic rings. The number of nitrogens with zero attached hydrogens (tertiary/aromatic N) is 1. The molecule has 1 unspecified atom stereocenters. The highest BCUT2D eigenvalue weighted by Crippen LogP contribution is 2.20. The Morgan fingerprint density at radius 3 is 2.63 bits per heavy atom. The summed E-state index contributed by atoms with van der Waals surface area (Å²) in [6.45, 7) is 5.22. The monoisotopic (exact) mass is 280 g/mol. The van der Waals surface area contributed by atoms with Gasteiger partial charge in [0.05, 0.1) is 0 Å². The SMILES string of the molecule is CNC(CCN1CCS(=O)CC1)c1ccccc1C. The highest BCUT2D eigenvalue weighted by Gasteiger charge is 2.17. The van der Waals surface area contributed by atoms with E-state index in [1.165, 1.54) is 11.1 Å². The molecule has 1 heterocycles. The smallest absolute Gasteiger partial charge is 0.0363 e. The largest absolute Gasteiger partial charge is 0.313 e. The first kappa shape index (κ1) is 14.7. The summed E-state index contributed by atoms with van der Waals surface area (Å²) in [5.41, 5.74) is 2.74. The predicted octanol–water partition coefficient (Wildman–Crippen LogP) is 1.71. The van der Waals surface area contributed by atoms with Crippen LogP contribution in [0.4, 0.5) is 0 Å². The minimum absolute atomic E-state index is 0.411. The van der Waals surface area contributed by atoms with Crippen LogP contribution in [0.2, 0.25) is 0 Å². The molecule has 0 spiro atoms. The van der Waals surface area contributed by atoms with Crippen LogP contribution in [0.5, 0.6) is 0 Å². The lowest BCUT2D eigenvalue weighted by Gasteiger charge is -2.28. The Kier molecular flexibility index (Phi) is 5.55. The molecule has 1 fully saturated rings. The van der Waals surface area contributed by atoms with E-state index in [1.54, 1.807) is 0 Å². The van der Waals surface area contributed by atoms with Crippen molar-refractivity contribution in [1.82, 2.24) is 10.2 Å². The molecule has 0 aliphatic carbocycles. The van der Waals surface area contributed by atoms with Crippen LogP contribution in [0.3, 0.4) is 0 Å². The van der Waals surface area contributed by atoms with Gasteiger partial charge in [-0.2, -0.15) is 0 Å². The van der Waals surface area contributed by atoms with E-state index in [-0.39, 0.29) is 0 Å². The number of hydrogen-bond donors (Lipinski definition) is 1. The molecular formula is C15H24N2OS. The molecule has 0 radical (unpaired) electrons. The molecule has 0 saturated carbocycles. The van der Waals surface area contributed by atoms with Crippen LogP contribution in [0.25, 0.3) is 0 Å². The zero-order valence-electron chi connectivity index (χ0n) is 11.9. The van der Waals surface area contributed by atoms with Crippen LogP contribution < -0.4 is 5.32 Å². The zero-order chi connectivity index (χ0) is 13.7. The minimum atomic E-state index is -0.574. The molecule has 3 nitrogen and oxygen atoms in total. The molecule has 0 amide bonds. The van der Waals surface area contributed by atoms with Crippen molar-refractivity contribution >= 4 is 10.8 Å². The van der Waals surface area contributed by atoms with Crippen molar-refractivity contribution in [3.8, 4) is 0 Å². The van der Waals surface area contributed by atoms with Crippen molar-refractivity contribution in [1.29, 1.82) is 0 Å². The van der Waals surface area contributed by atoms with E-state index < -0.39 is 10.8 Å². The lowest BCUT2D eigenvalue weighted by Crippen LogP contribution is -2.39. The normalized spacial score (nSPS) is 19.5. The lowest BCUT2D eigenvalue weighted by molar-refractivity contribution is 0.281. The average Bonchev–Trinajstić information content (AvgIpc) is 2.43. The van der Waals surface area contributed by atoms with Gasteiger partial charge in [-0.05, 0) is 31.5 Å². The lowest BCUT2D eigenvalue weighted by atomic mass is 9.99. The predicted molar refractivity (Wildman–Crippen MR) is 81.9 cm³/mol. The summed E-state index contributed by atoms with van der Waals surface area (Å²) in [6, 6.07) is 8.99. The van der Waals surface area contributed by atoms with Crippen molar-refractivity contribution in [3.05, 3.63) is 35.4 Å². The highest BCUT2D eigenvalue weighted by molar-refractivity contribution is 7.85. The van der Waals surface area contributed by atoms with Crippen LogP contribution in [0.15, 0.2) is 24.3 Å². The van der Waals surface area contributed by atoms with E-state index in [2.05, 4.69) is 41.4 Å². The minimum Gasteiger partial charge on any atom is -0.313 e. The quantitative estimate of drug-likeness (QED) is 0.891. The van der Waals surface area contributed by atoms with E-state index in [1.807, 2.05) is 7.05 Å². The number of rotatable bonds is 5. The standard InChI is InChI=1S/C15H24N2OS/c1-13-5-3-4-6-14(13)15(16-2)7-8-17-9-11-19(18)12-10-17/h3-6,15-16H,7-12H2,1-2H3. The first-order valence-electron chi connectivity index (χ1n) is 7.01. The second-order valence-corrected chi connectivity index (χ2v) is 6.87. The van der Waals surface area contributed by atoms with Gasteiger partial charge in [-0.25, -0.2) is 0 Å². The Hall–Kier alpha value is -0.710. The number of nitrogens with one attached hydrogen (secondary N) is 1. The number of hydrogen-bond acceptors (Lipinski definition) is 3. The van der Waals surface area contributed by atoms with Gasteiger partial charge in [0.1, 0.15) is 0 Å². The average molecular weight is 280 g/mol. The van der Waals surface area contributed by atoms with Gasteiger partial charge in [0.25, 0.3) is 0 Å². The molecule has 1 aromatic rings. The molecule has 19 heavy (non-hydrogen) atoms. The van der Waals surface area contributed by atoms with Gasteiger partial charge in [-0.1, -0.05) is 24.3 Å². The van der Waals surface area contributed by atoms with Gasteiger partial charge in [0.2, 0.25) is 0 Å². The van der Waals surface area contributed by atoms with Crippen molar-refractivity contribution in [2.24, 2.45) is 0 Å². The Labute approximate surface area is 118 Å². The van der Waals surface area contributed by atoms with Gasteiger partial charge in [0.15, 0.2) is 0 Å². The Bertz CT molecular complexity index is 426. The number of aryl methyl sites for hydroxylation is 1. The molecule has 1 aliphatic heterocycles. The van der Waals surface area contributed by atoms with Gasteiger partial charge in [0, 0.05) is 48.0 Å². The van der Waals surface area contributed by atoms with Gasteiger partial charge in [-0.15, -0.1) is 0 Å². The van der Waals surface area contributed by atoms with Gasteiger partial charge in [-0.3, -0.25) is 4.21 Å². The van der Waals surface area contributed by atoms with E-state index in [0.29, 0.717) is 6.04 Å². The van der Waals surface area contributed by atoms with Gasteiger partial charge < -0.3 is 10.2 Å². The fraction of sp³-hybridized carbons (Fsp3) is 0.600. The second kappa shape index (κ2) is 7.17. The molecule has 1 N–H and O–H groups in total. The topological polar surface area (TPSA) is 32.3 Å². The van der Waals surface area contributed by atoms with Crippen molar-refractivity contribution in [3.63, 3.8) is 0 Å². The maximum atomic E-state index is 11.3. The van der Waals surface area contributed by atoms with Crippen LogP contribution >= 0.6 is 0 Å². The summed E-state index contributed by atoms with van der Waals surface area (Å²) in [5.74, 6) is 1.68. The molecular weight excluding hydrogens is 256 g/mol. The van der Waals surface area contributed by atoms with Crippen LogP contribution in [0, 0.1) is 6.92 Å². The van der Waals surface area contributed by atoms with Gasteiger partial charge >= 0.3 is 0 Å². The third kappa shape index (κ3) is 4.13. The van der Waals surface area contributed by atoms with E-state index >= 15 is 0 Å². The maximum absolute atomic E-state index is 11.3. The highest BCUT2D eigenvalue weighted by atomic mass is 32.2. The molecule has 0 aromatic heterocycles. The summed E-state index contributed by atoms with van der Waals surface area (Å²) >= 11 is 0. The Morgan fingerprint density at radius 2 is 2.00 bits per heavy atom. The van der Waals surface area contributed by atoms with Crippen molar-refractivity contribution < 1.29 is 4.21 Å². The first-order chi connectivity index (χ1) is 9.20. The summed E-state index contributed by atoms with van der Waals surface area (Å²) in [4.78, 5) is 2.43. The van der Waals surface area contributed by atoms with E-state index in [9.17, 15) is 4.21 Å². The molecule has 1 atom stereocenters. The van der Waals surface area contributed by atoms with Crippen molar-refractivity contribution in [2.75, 3.05) is 38.2 Å². The Balaban J connectivity index is 1.89. The third-order valence-electron chi connectivity index (χ3n) is 3.92. The molecule has 1 saturated heterocycles. The van der Waals surface area contributed by atoms with E-state index in [4.69, 9.17) is 0 Å². The van der Waals surface area contributed by atoms with Crippen LogP contribution in [0.1, 0.15) is 23.6 Å². The summed E-state index contributed by atoms with van der Waals surface area (Å²) < 4.78 is 11.3. The van der Waals surface area contributed by atoms with E-state index in [0.717, 1.165) is 37.6 Å². The fourth-order valence-electron chi connectivity index (χ4n) is 2.64. The first-order valence-corrected chi connectivity index (χ1v) is 8.49. The summed E-state index contributed by atoms with van der Waals surface area (Å²) in [6.07, 6.45) is 1.11. The maximum Gasteiger partial charge on any atom is 0.0363 e. The molecule has 106 valence electrons. The molecule has 2 rings (SSSR count). The molecule has 4 heteroatoms. The fourth-order valence-corrected chi connectivity index (χ4v) is 3.77. The summed E-state index contributed by atoms with van der Waals surface area (Å²) in [5, 5.41) is 3.42. The van der Waals surface area contributed by atoms with Crippen LogP contribution in [-0.4, -0.2) is 47.3 Å². The third-order valence-corrected chi connectivity index (χ3v) is 5.19. The zero-order valence-corrected chi connectivity index (χ0v) is 12.7.